The first-order chi connectivity index (χ1) is 10.4. The van der Waals surface area contributed by atoms with Crippen molar-refractivity contribution in [3.05, 3.63) is 18.2 Å². The van der Waals surface area contributed by atoms with E-state index in [0.717, 1.165) is 16.7 Å². The van der Waals surface area contributed by atoms with Gasteiger partial charge in [0.2, 0.25) is 0 Å². The highest BCUT2D eigenvalue weighted by Gasteiger charge is 2.25. The highest BCUT2D eigenvalue weighted by Crippen LogP contribution is 2.35. The molecular weight excluding hydrogens is 352 g/mol. The van der Waals surface area contributed by atoms with E-state index in [0.29, 0.717) is 0 Å². The number of primary amides is 1. The van der Waals surface area contributed by atoms with Gasteiger partial charge in [0.25, 0.3) is 10.1 Å². The Bertz CT molecular complexity index is 1050. The fourth-order valence-corrected chi connectivity index (χ4v) is 3.57. The molecule has 2 aromatic rings. The molecule has 0 unspecified atom stereocenters. The Morgan fingerprint density at radius 2 is 1.78 bits per heavy atom. The molecule has 0 saturated carbocycles. The molecule has 2 amide bonds. The third-order valence-corrected chi connectivity index (χ3v) is 4.76. The lowest BCUT2D eigenvalue weighted by molar-refractivity contribution is 0.255. The van der Waals surface area contributed by atoms with E-state index < -0.39 is 41.9 Å². The Balaban J connectivity index is 2.96. The minimum Gasteiger partial charge on any atom is -0.348 e. The first-order valence-electron chi connectivity index (χ1n) is 5.71. The standard InChI is InChI=1S/C10H10N4O7S2/c1-14-7-3-2-6(12-13-10(11)15)9(23(19,20)21)5(7)4-8(14)22(16,17)18/h2-4H,1H3,(H2,11,15)(H,16,17,18)(H,19,20,21). The van der Waals surface area contributed by atoms with E-state index in [4.69, 9.17) is 10.3 Å². The molecule has 124 valence electrons. The fourth-order valence-electron chi connectivity index (χ4n) is 2.05. The molecule has 1 heterocycles. The van der Waals surface area contributed by atoms with Crippen LogP contribution in [0.2, 0.25) is 0 Å². The molecule has 0 aliphatic carbocycles. The monoisotopic (exact) mass is 362 g/mol. The normalized spacial score (nSPS) is 13.0. The third-order valence-electron chi connectivity index (χ3n) is 2.89. The van der Waals surface area contributed by atoms with Gasteiger partial charge in [0, 0.05) is 12.4 Å². The number of rotatable bonds is 3. The molecule has 4 N–H and O–H groups in total. The molecule has 2 rings (SSSR count). The maximum Gasteiger partial charge on any atom is 0.356 e. The quantitative estimate of drug-likeness (QED) is 0.533. The van der Waals surface area contributed by atoms with Gasteiger partial charge in [0.15, 0.2) is 5.03 Å². The maximum atomic E-state index is 11.6. The molecule has 0 saturated heterocycles. The Labute approximate surface area is 129 Å². The molecule has 0 radical (unpaired) electrons. The summed E-state index contributed by atoms with van der Waals surface area (Å²) in [5, 5.41) is 5.45. The Kier molecular flexibility index (Phi) is 3.98. The van der Waals surface area contributed by atoms with Crippen LogP contribution in [0.4, 0.5) is 10.5 Å². The maximum absolute atomic E-state index is 11.6. The number of azo groups is 1. The van der Waals surface area contributed by atoms with Crippen molar-refractivity contribution in [1.82, 2.24) is 4.57 Å². The number of hydrogen-bond acceptors (Lipinski definition) is 6. The van der Waals surface area contributed by atoms with E-state index in [1.54, 1.807) is 0 Å². The zero-order valence-corrected chi connectivity index (χ0v) is 13.0. The Morgan fingerprint density at radius 3 is 2.26 bits per heavy atom. The number of benzene rings is 1. The lowest BCUT2D eigenvalue weighted by Gasteiger charge is -2.04. The van der Waals surface area contributed by atoms with Crippen molar-refractivity contribution in [2.75, 3.05) is 0 Å². The molecule has 1 aromatic carbocycles. The van der Waals surface area contributed by atoms with E-state index in [2.05, 4.69) is 10.2 Å². The van der Waals surface area contributed by atoms with Gasteiger partial charge in [0.1, 0.15) is 10.6 Å². The average molecular weight is 362 g/mol. The van der Waals surface area contributed by atoms with Gasteiger partial charge in [-0.2, -0.15) is 16.8 Å². The second kappa shape index (κ2) is 5.38. The van der Waals surface area contributed by atoms with E-state index in [9.17, 15) is 26.2 Å². The molecular formula is C10H10N4O7S2. The summed E-state index contributed by atoms with van der Waals surface area (Å²) in [6.45, 7) is 0. The van der Waals surface area contributed by atoms with E-state index >= 15 is 0 Å². The molecule has 0 fully saturated rings. The van der Waals surface area contributed by atoms with Crippen LogP contribution >= 0.6 is 0 Å². The molecule has 0 spiro atoms. The lowest BCUT2D eigenvalue weighted by atomic mass is 10.2. The topological polar surface area (TPSA) is 181 Å². The van der Waals surface area contributed by atoms with E-state index in [1.165, 1.54) is 13.1 Å². The summed E-state index contributed by atoms with van der Waals surface area (Å²) < 4.78 is 65.3. The van der Waals surface area contributed by atoms with Crippen LogP contribution in [0.15, 0.2) is 38.3 Å². The van der Waals surface area contributed by atoms with Gasteiger partial charge < -0.3 is 10.3 Å². The number of amides is 2. The van der Waals surface area contributed by atoms with Crippen LogP contribution < -0.4 is 5.73 Å². The van der Waals surface area contributed by atoms with Crippen molar-refractivity contribution in [2.45, 2.75) is 9.92 Å². The van der Waals surface area contributed by atoms with Crippen molar-refractivity contribution in [3.63, 3.8) is 0 Å². The van der Waals surface area contributed by atoms with Gasteiger partial charge in [-0.25, -0.2) is 4.79 Å². The summed E-state index contributed by atoms with van der Waals surface area (Å²) in [5.41, 5.74) is 4.42. The minimum atomic E-state index is -4.85. The zero-order chi connectivity index (χ0) is 17.6. The molecule has 0 aliphatic heterocycles. The second-order valence-electron chi connectivity index (χ2n) is 4.38. The van der Waals surface area contributed by atoms with Gasteiger partial charge in [0.05, 0.1) is 5.52 Å². The number of hydrogen-bond donors (Lipinski definition) is 3. The number of urea groups is 1. The number of carbonyl (C=O) groups is 1. The molecule has 13 heteroatoms. The zero-order valence-electron chi connectivity index (χ0n) is 11.4. The number of aromatic nitrogens is 1. The molecule has 11 nitrogen and oxygen atoms in total. The van der Waals surface area contributed by atoms with Crippen molar-refractivity contribution >= 4 is 42.9 Å². The predicted octanol–water partition coefficient (Wildman–Crippen LogP) is 0.834. The van der Waals surface area contributed by atoms with Gasteiger partial charge in [-0.1, -0.05) is 5.11 Å². The Morgan fingerprint density at radius 1 is 1.17 bits per heavy atom. The fraction of sp³-hybridized carbons (Fsp3) is 0.100. The number of fused-ring (bicyclic) bond motifs is 1. The average Bonchev–Trinajstić information content (AvgIpc) is 2.71. The lowest BCUT2D eigenvalue weighted by Crippen LogP contribution is -2.04. The van der Waals surface area contributed by atoms with Crippen LogP contribution in [0.5, 0.6) is 0 Å². The van der Waals surface area contributed by atoms with Crippen LogP contribution in [0.3, 0.4) is 0 Å². The number of nitrogens with zero attached hydrogens (tertiary/aromatic N) is 3. The SMILES string of the molecule is Cn1c(S(=O)(=O)O)cc2c(S(=O)(=O)O)c(N=NC(N)=O)ccc21. The summed E-state index contributed by atoms with van der Waals surface area (Å²) in [5.74, 6) is 0. The summed E-state index contributed by atoms with van der Waals surface area (Å²) in [6, 6.07) is 2.01. The van der Waals surface area contributed by atoms with Crippen LogP contribution in [0.25, 0.3) is 10.9 Å². The highest BCUT2D eigenvalue weighted by molar-refractivity contribution is 7.86. The highest BCUT2D eigenvalue weighted by atomic mass is 32.2. The van der Waals surface area contributed by atoms with E-state index in [1.807, 2.05) is 0 Å². The van der Waals surface area contributed by atoms with Crippen molar-refractivity contribution in [1.29, 1.82) is 0 Å². The predicted molar refractivity (Wildman–Crippen MR) is 76.6 cm³/mol. The van der Waals surface area contributed by atoms with Crippen molar-refractivity contribution in [2.24, 2.45) is 23.0 Å². The smallest absolute Gasteiger partial charge is 0.348 e. The largest absolute Gasteiger partial charge is 0.356 e. The number of carbonyl (C=O) groups excluding carboxylic acids is 1. The van der Waals surface area contributed by atoms with Crippen LogP contribution in [-0.2, 0) is 27.3 Å². The molecule has 23 heavy (non-hydrogen) atoms. The summed E-state index contributed by atoms with van der Waals surface area (Å²) >= 11 is 0. The van der Waals surface area contributed by atoms with E-state index in [-0.39, 0.29) is 10.9 Å². The van der Waals surface area contributed by atoms with Crippen molar-refractivity contribution in [3.8, 4) is 0 Å². The van der Waals surface area contributed by atoms with Gasteiger partial charge >= 0.3 is 16.1 Å². The van der Waals surface area contributed by atoms with Gasteiger partial charge in [-0.15, -0.1) is 5.11 Å². The van der Waals surface area contributed by atoms with Crippen molar-refractivity contribution < 1.29 is 30.7 Å². The van der Waals surface area contributed by atoms with Gasteiger partial charge in [-0.05, 0) is 18.2 Å². The Hall–Kier alpha value is -2.35. The summed E-state index contributed by atoms with van der Waals surface area (Å²) in [6.07, 6.45) is 0. The van der Waals surface area contributed by atoms with Crippen LogP contribution in [0, 0.1) is 0 Å². The summed E-state index contributed by atoms with van der Waals surface area (Å²) in [4.78, 5) is 9.85. The van der Waals surface area contributed by atoms with Crippen LogP contribution in [-0.4, -0.2) is 36.5 Å². The molecule has 0 bridgehead atoms. The second-order valence-corrected chi connectivity index (χ2v) is 7.10. The number of aryl methyl sites for hydroxylation is 1. The number of nitrogens with two attached hydrogens (primary N) is 1. The molecule has 0 atom stereocenters. The minimum absolute atomic E-state index is 0.0725. The first kappa shape index (κ1) is 17.0. The molecule has 1 aromatic heterocycles. The van der Waals surface area contributed by atoms with Crippen LogP contribution in [0.1, 0.15) is 0 Å². The van der Waals surface area contributed by atoms with Gasteiger partial charge in [-0.3, -0.25) is 9.11 Å². The first-order valence-corrected chi connectivity index (χ1v) is 8.59. The summed E-state index contributed by atoms with van der Waals surface area (Å²) in [7, 11) is -8.22. The third kappa shape index (κ3) is 3.21. The molecule has 0 aliphatic rings.